The molecule has 0 bridgehead atoms. The first-order valence-electron chi connectivity index (χ1n) is 3.20. The Bertz CT molecular complexity index is 237. The van der Waals surface area contributed by atoms with Gasteiger partial charge in [-0.2, -0.15) is 11.8 Å². The smallest absolute Gasteiger partial charge is 0.243 e. The zero-order valence-electron chi connectivity index (χ0n) is 6.74. The third-order valence-electron chi connectivity index (χ3n) is 0.993. The summed E-state index contributed by atoms with van der Waals surface area (Å²) in [4.78, 5) is 10.5. The van der Waals surface area contributed by atoms with Crippen molar-refractivity contribution in [2.75, 3.05) is 23.5 Å². The van der Waals surface area contributed by atoms with Gasteiger partial charge in [-0.3, -0.25) is 10.2 Å². The van der Waals surface area contributed by atoms with Gasteiger partial charge in [-0.1, -0.05) is 0 Å². The summed E-state index contributed by atoms with van der Waals surface area (Å²) in [5.41, 5.74) is 1.95. The summed E-state index contributed by atoms with van der Waals surface area (Å²) in [5, 5.41) is 0. The zero-order valence-corrected chi connectivity index (χ0v) is 8.37. The van der Waals surface area contributed by atoms with Crippen LogP contribution in [0.5, 0.6) is 0 Å². The summed E-state index contributed by atoms with van der Waals surface area (Å²) in [5.74, 6) is 5.23. The van der Waals surface area contributed by atoms with Crippen molar-refractivity contribution in [3.05, 3.63) is 0 Å². The minimum absolute atomic E-state index is 0.0928. The summed E-state index contributed by atoms with van der Waals surface area (Å²) in [6.07, 6.45) is 1.16. The Balaban J connectivity index is 3.40. The molecule has 72 valence electrons. The Hall–Kier alpha value is -0.270. The van der Waals surface area contributed by atoms with Crippen molar-refractivity contribution < 1.29 is 13.2 Å². The first-order valence-corrected chi connectivity index (χ1v) is 6.42. The molecule has 12 heavy (non-hydrogen) atoms. The number of rotatable bonds is 5. The Morgan fingerprint density at radius 2 is 2.17 bits per heavy atom. The molecule has 0 unspecified atom stereocenters. The Kier molecular flexibility index (Phi) is 5.27. The summed E-state index contributed by atoms with van der Waals surface area (Å²) in [6, 6.07) is 0. The fraction of sp³-hybridized carbons (Fsp3) is 0.800. The lowest BCUT2D eigenvalue weighted by Crippen LogP contribution is -2.31. The number of sulfone groups is 1. The van der Waals surface area contributed by atoms with Gasteiger partial charge in [0.1, 0.15) is 9.84 Å². The molecule has 1 amide bonds. The minimum atomic E-state index is -2.91. The molecule has 0 aliphatic heterocycles. The molecule has 0 saturated carbocycles. The van der Waals surface area contributed by atoms with Crippen LogP contribution in [0.3, 0.4) is 0 Å². The van der Waals surface area contributed by atoms with Crippen LogP contribution in [0.25, 0.3) is 0 Å². The second-order valence-electron chi connectivity index (χ2n) is 2.25. The van der Waals surface area contributed by atoms with Crippen molar-refractivity contribution in [3.63, 3.8) is 0 Å². The molecule has 5 nitrogen and oxygen atoms in total. The van der Waals surface area contributed by atoms with Crippen molar-refractivity contribution in [2.24, 2.45) is 5.84 Å². The van der Waals surface area contributed by atoms with Crippen LogP contribution in [0, 0.1) is 0 Å². The van der Waals surface area contributed by atoms with E-state index in [1.807, 2.05) is 5.43 Å². The lowest BCUT2D eigenvalue weighted by atomic mass is 10.8. The van der Waals surface area contributed by atoms with E-state index in [2.05, 4.69) is 0 Å². The molecule has 0 aliphatic rings. The molecule has 0 rings (SSSR count). The lowest BCUT2D eigenvalue weighted by molar-refractivity contribution is -0.118. The van der Waals surface area contributed by atoms with Gasteiger partial charge >= 0.3 is 0 Å². The van der Waals surface area contributed by atoms with Crippen LogP contribution in [-0.2, 0) is 14.6 Å². The highest BCUT2D eigenvalue weighted by Crippen LogP contribution is 1.99. The summed E-state index contributed by atoms with van der Waals surface area (Å²) >= 11 is 1.24. The van der Waals surface area contributed by atoms with Gasteiger partial charge in [0.25, 0.3) is 0 Å². The maximum Gasteiger partial charge on any atom is 0.243 e. The predicted molar refractivity (Wildman–Crippen MR) is 49.4 cm³/mol. The third kappa shape index (κ3) is 7.83. The first kappa shape index (κ1) is 11.7. The SMILES string of the molecule is CS(=O)(=O)CCSCC(=O)NN. The van der Waals surface area contributed by atoms with Crippen molar-refractivity contribution >= 4 is 27.5 Å². The third-order valence-corrected chi connectivity index (χ3v) is 3.16. The number of hydrazine groups is 1. The molecule has 0 heterocycles. The van der Waals surface area contributed by atoms with Gasteiger partial charge in [-0.25, -0.2) is 14.3 Å². The van der Waals surface area contributed by atoms with Gasteiger partial charge in [-0.05, 0) is 0 Å². The standard InChI is InChI=1S/C5H12N2O3S2/c1-12(9,10)3-2-11-4-5(8)7-6/h2-4,6H2,1H3,(H,7,8). The molecule has 0 aromatic rings. The summed E-state index contributed by atoms with van der Waals surface area (Å²) in [6.45, 7) is 0. The number of nitrogens with two attached hydrogens (primary N) is 1. The first-order chi connectivity index (χ1) is 5.45. The molecule has 3 N–H and O–H groups in total. The van der Waals surface area contributed by atoms with Gasteiger partial charge < -0.3 is 0 Å². The van der Waals surface area contributed by atoms with Crippen LogP contribution in [0.15, 0.2) is 0 Å². The predicted octanol–water partition coefficient (Wildman–Crippen LogP) is -1.25. The van der Waals surface area contributed by atoms with Crippen molar-refractivity contribution in [2.45, 2.75) is 0 Å². The van der Waals surface area contributed by atoms with Gasteiger partial charge in [-0.15, -0.1) is 0 Å². The topological polar surface area (TPSA) is 89.3 Å². The van der Waals surface area contributed by atoms with Crippen molar-refractivity contribution in [1.82, 2.24) is 5.43 Å². The zero-order chi connectivity index (χ0) is 9.61. The Morgan fingerprint density at radius 3 is 2.58 bits per heavy atom. The van der Waals surface area contributed by atoms with Crippen LogP contribution in [0.4, 0.5) is 0 Å². The van der Waals surface area contributed by atoms with E-state index >= 15 is 0 Å². The number of carbonyl (C=O) groups is 1. The summed E-state index contributed by atoms with van der Waals surface area (Å²) < 4.78 is 21.2. The highest BCUT2D eigenvalue weighted by atomic mass is 32.2. The van der Waals surface area contributed by atoms with Crippen LogP contribution < -0.4 is 11.3 Å². The second-order valence-corrected chi connectivity index (χ2v) is 5.61. The normalized spacial score (nSPS) is 11.2. The monoisotopic (exact) mass is 212 g/mol. The van der Waals surface area contributed by atoms with Crippen molar-refractivity contribution in [1.29, 1.82) is 0 Å². The maximum atomic E-state index is 10.6. The van der Waals surface area contributed by atoms with E-state index in [9.17, 15) is 13.2 Å². The van der Waals surface area contributed by atoms with Gasteiger partial charge in [0.05, 0.1) is 11.5 Å². The Morgan fingerprint density at radius 1 is 1.58 bits per heavy atom. The molecule has 0 saturated heterocycles. The highest BCUT2D eigenvalue weighted by Gasteiger charge is 2.03. The molecule has 0 radical (unpaired) electrons. The van der Waals surface area contributed by atoms with E-state index in [0.29, 0.717) is 5.75 Å². The molecule has 0 aromatic carbocycles. The van der Waals surface area contributed by atoms with Crippen molar-refractivity contribution in [3.8, 4) is 0 Å². The number of hydrogen-bond donors (Lipinski definition) is 2. The summed E-state index contributed by atoms with van der Waals surface area (Å²) in [7, 11) is -2.91. The lowest BCUT2D eigenvalue weighted by Gasteiger charge is -1.98. The number of thioether (sulfide) groups is 1. The van der Waals surface area contributed by atoms with Crippen LogP contribution in [-0.4, -0.2) is 37.8 Å². The second kappa shape index (κ2) is 5.39. The van der Waals surface area contributed by atoms with Gasteiger partial charge in [0.15, 0.2) is 0 Å². The van der Waals surface area contributed by atoms with Gasteiger partial charge in [0, 0.05) is 12.0 Å². The molecular formula is C5H12N2O3S2. The van der Waals surface area contributed by atoms with E-state index in [1.54, 1.807) is 0 Å². The van der Waals surface area contributed by atoms with Crippen LogP contribution in [0.1, 0.15) is 0 Å². The fourth-order valence-electron chi connectivity index (χ4n) is 0.417. The average molecular weight is 212 g/mol. The van der Waals surface area contributed by atoms with E-state index in [4.69, 9.17) is 5.84 Å². The number of hydrogen-bond acceptors (Lipinski definition) is 5. The van der Waals surface area contributed by atoms with E-state index in [0.717, 1.165) is 6.26 Å². The molecular weight excluding hydrogens is 200 g/mol. The molecule has 0 aromatic heterocycles. The van der Waals surface area contributed by atoms with E-state index < -0.39 is 9.84 Å². The number of nitrogens with one attached hydrogen (secondary N) is 1. The molecule has 0 aliphatic carbocycles. The number of amides is 1. The molecule has 0 atom stereocenters. The largest absolute Gasteiger partial charge is 0.294 e. The van der Waals surface area contributed by atoms with Gasteiger partial charge in [0.2, 0.25) is 5.91 Å². The minimum Gasteiger partial charge on any atom is -0.294 e. The Labute approximate surface area is 76.0 Å². The fourth-order valence-corrected chi connectivity index (χ4v) is 2.51. The van der Waals surface area contributed by atoms with Crippen LogP contribution >= 0.6 is 11.8 Å². The molecule has 0 spiro atoms. The maximum absolute atomic E-state index is 10.6. The van der Waals surface area contributed by atoms with Crippen LogP contribution in [0.2, 0.25) is 0 Å². The van der Waals surface area contributed by atoms with E-state index in [1.165, 1.54) is 11.8 Å². The molecule has 0 fully saturated rings. The molecule has 7 heteroatoms. The highest BCUT2D eigenvalue weighted by molar-refractivity contribution is 8.01. The van der Waals surface area contributed by atoms with E-state index in [-0.39, 0.29) is 17.4 Å². The average Bonchev–Trinajstić information content (AvgIpc) is 1.96. The quantitative estimate of drug-likeness (QED) is 0.257. The number of carbonyl (C=O) groups excluding carboxylic acids is 1.